The molecule has 0 saturated carbocycles. The molecule has 0 unspecified atom stereocenters. The van der Waals surface area contributed by atoms with E-state index in [0.717, 1.165) is 13.1 Å². The highest BCUT2D eigenvalue weighted by molar-refractivity contribution is 6.23. The number of hydrogen-bond donors (Lipinski definition) is 2. The molecule has 4 nitrogen and oxygen atoms in total. The summed E-state index contributed by atoms with van der Waals surface area (Å²) in [7, 11) is 0. The fraction of sp³-hybridized carbons (Fsp3) is 0.304. The van der Waals surface area contributed by atoms with Gasteiger partial charge in [-0.15, -0.1) is 0 Å². The highest BCUT2D eigenvalue weighted by Crippen LogP contribution is 2.35. The van der Waals surface area contributed by atoms with Gasteiger partial charge in [0.1, 0.15) is 0 Å². The second-order valence-electron chi connectivity index (χ2n) is 6.77. The lowest BCUT2D eigenvalue weighted by atomic mass is 9.92. The Labute approximate surface area is 159 Å². The lowest BCUT2D eigenvalue weighted by Gasteiger charge is -2.14. The van der Waals surface area contributed by atoms with Crippen molar-refractivity contribution in [1.82, 2.24) is 5.32 Å². The second-order valence-corrected chi connectivity index (χ2v) is 6.77. The third kappa shape index (κ3) is 3.89. The first-order chi connectivity index (χ1) is 13.4. The smallest absolute Gasteiger partial charge is 0.0701 e. The van der Waals surface area contributed by atoms with Crippen molar-refractivity contribution >= 4 is 32.3 Å². The van der Waals surface area contributed by atoms with E-state index < -0.39 is 0 Å². The highest BCUT2D eigenvalue weighted by Gasteiger charge is 2.10. The summed E-state index contributed by atoms with van der Waals surface area (Å²) in [4.78, 5) is 0. The standard InChI is InChI=1S/C23H26N2O2/c24-10-12-26-14-15-27-13-11-25-16-20-7-6-19-5-4-17-2-1-3-18-8-9-21(20)23(19)22(17)18/h1-9,25H,10-16,24H2. The Hall–Kier alpha value is -2.24. The second kappa shape index (κ2) is 8.63. The van der Waals surface area contributed by atoms with Gasteiger partial charge >= 0.3 is 0 Å². The normalized spacial score (nSPS) is 11.9. The third-order valence-corrected chi connectivity index (χ3v) is 4.99. The fourth-order valence-electron chi connectivity index (χ4n) is 3.72. The Morgan fingerprint density at radius 3 is 2.15 bits per heavy atom. The molecular formula is C23H26N2O2. The van der Waals surface area contributed by atoms with Crippen molar-refractivity contribution in [2.24, 2.45) is 5.73 Å². The number of nitrogens with one attached hydrogen (secondary N) is 1. The summed E-state index contributed by atoms with van der Waals surface area (Å²) in [5.41, 5.74) is 6.70. The zero-order valence-corrected chi connectivity index (χ0v) is 15.5. The highest BCUT2D eigenvalue weighted by atomic mass is 16.5. The van der Waals surface area contributed by atoms with Crippen LogP contribution in [0.2, 0.25) is 0 Å². The van der Waals surface area contributed by atoms with Crippen molar-refractivity contribution in [3.8, 4) is 0 Å². The lowest BCUT2D eigenvalue weighted by Crippen LogP contribution is -2.20. The maximum Gasteiger partial charge on any atom is 0.0701 e. The van der Waals surface area contributed by atoms with Gasteiger partial charge in [-0.05, 0) is 37.9 Å². The average molecular weight is 362 g/mol. The van der Waals surface area contributed by atoms with Gasteiger partial charge in [0.25, 0.3) is 0 Å². The van der Waals surface area contributed by atoms with E-state index in [-0.39, 0.29) is 0 Å². The fourth-order valence-corrected chi connectivity index (χ4v) is 3.72. The van der Waals surface area contributed by atoms with Crippen LogP contribution in [0.3, 0.4) is 0 Å². The number of rotatable bonds is 10. The number of nitrogens with two attached hydrogens (primary N) is 1. The first-order valence-corrected chi connectivity index (χ1v) is 9.60. The van der Waals surface area contributed by atoms with E-state index >= 15 is 0 Å². The Bertz CT molecular complexity index is 999. The molecule has 0 amide bonds. The molecule has 0 aliphatic carbocycles. The summed E-state index contributed by atoms with van der Waals surface area (Å²) < 4.78 is 10.9. The van der Waals surface area contributed by atoms with Crippen LogP contribution in [0.1, 0.15) is 5.56 Å². The summed E-state index contributed by atoms with van der Waals surface area (Å²) in [6, 6.07) is 19.9. The van der Waals surface area contributed by atoms with Crippen LogP contribution in [0.15, 0.2) is 54.6 Å². The van der Waals surface area contributed by atoms with Gasteiger partial charge in [-0.2, -0.15) is 0 Å². The minimum atomic E-state index is 0.556. The monoisotopic (exact) mass is 362 g/mol. The zero-order valence-electron chi connectivity index (χ0n) is 15.5. The molecule has 3 N–H and O–H groups in total. The van der Waals surface area contributed by atoms with Crippen LogP contribution in [-0.2, 0) is 16.0 Å². The maximum atomic E-state index is 5.57. The molecular weight excluding hydrogens is 336 g/mol. The third-order valence-electron chi connectivity index (χ3n) is 4.99. The topological polar surface area (TPSA) is 56.5 Å². The number of hydrogen-bond acceptors (Lipinski definition) is 4. The van der Waals surface area contributed by atoms with Gasteiger partial charge in [0.15, 0.2) is 0 Å². The van der Waals surface area contributed by atoms with Crippen LogP contribution < -0.4 is 11.1 Å². The van der Waals surface area contributed by atoms with Crippen molar-refractivity contribution in [2.75, 3.05) is 39.5 Å². The largest absolute Gasteiger partial charge is 0.378 e. The van der Waals surface area contributed by atoms with Gasteiger partial charge in [-0.25, -0.2) is 0 Å². The molecule has 0 bridgehead atoms. The van der Waals surface area contributed by atoms with Crippen molar-refractivity contribution < 1.29 is 9.47 Å². The van der Waals surface area contributed by atoms with Crippen LogP contribution in [0.5, 0.6) is 0 Å². The van der Waals surface area contributed by atoms with E-state index in [9.17, 15) is 0 Å². The molecule has 0 aromatic heterocycles. The van der Waals surface area contributed by atoms with Crippen LogP contribution in [0, 0.1) is 0 Å². The minimum Gasteiger partial charge on any atom is -0.378 e. The van der Waals surface area contributed by atoms with Gasteiger partial charge in [0.2, 0.25) is 0 Å². The van der Waals surface area contributed by atoms with Crippen LogP contribution in [0.25, 0.3) is 32.3 Å². The predicted octanol–water partition coefficient (Wildman–Crippen LogP) is 3.67. The summed E-state index contributed by atoms with van der Waals surface area (Å²) in [6.45, 7) is 4.70. The number of benzene rings is 4. The Morgan fingerprint density at radius 1 is 0.704 bits per heavy atom. The average Bonchev–Trinajstić information content (AvgIpc) is 2.71. The molecule has 27 heavy (non-hydrogen) atoms. The van der Waals surface area contributed by atoms with Gasteiger partial charge in [0, 0.05) is 19.6 Å². The quantitative estimate of drug-likeness (QED) is 0.334. The van der Waals surface area contributed by atoms with Crippen LogP contribution in [0.4, 0.5) is 0 Å². The van der Waals surface area contributed by atoms with Crippen molar-refractivity contribution in [1.29, 1.82) is 0 Å². The van der Waals surface area contributed by atoms with Crippen LogP contribution in [-0.4, -0.2) is 39.5 Å². The van der Waals surface area contributed by atoms with Gasteiger partial charge in [-0.3, -0.25) is 0 Å². The summed E-state index contributed by atoms with van der Waals surface area (Å²) in [5, 5.41) is 11.5. The SMILES string of the molecule is NCCOCCOCCNCc1ccc2ccc3cccc4ccc1c2c34. The molecule has 140 valence electrons. The number of ether oxygens (including phenoxy) is 2. The molecule has 4 aromatic rings. The first-order valence-electron chi connectivity index (χ1n) is 9.60. The van der Waals surface area contributed by atoms with E-state index in [1.165, 1.54) is 37.9 Å². The minimum absolute atomic E-state index is 0.556. The molecule has 0 aliphatic heterocycles. The molecule has 0 aliphatic rings. The summed E-state index contributed by atoms with van der Waals surface area (Å²) >= 11 is 0. The first kappa shape index (κ1) is 18.1. The molecule has 4 aromatic carbocycles. The molecule has 0 spiro atoms. The van der Waals surface area contributed by atoms with E-state index in [4.69, 9.17) is 15.2 Å². The predicted molar refractivity (Wildman–Crippen MR) is 113 cm³/mol. The Balaban J connectivity index is 1.42. The van der Waals surface area contributed by atoms with E-state index in [2.05, 4.69) is 59.9 Å². The molecule has 0 fully saturated rings. The molecule has 4 heteroatoms. The Kier molecular flexibility index (Phi) is 5.80. The van der Waals surface area contributed by atoms with Crippen molar-refractivity contribution in [3.05, 3.63) is 60.2 Å². The van der Waals surface area contributed by atoms with Crippen molar-refractivity contribution in [2.45, 2.75) is 6.54 Å². The van der Waals surface area contributed by atoms with E-state index in [0.29, 0.717) is 33.0 Å². The van der Waals surface area contributed by atoms with Gasteiger partial charge < -0.3 is 20.5 Å². The van der Waals surface area contributed by atoms with Gasteiger partial charge in [0.05, 0.1) is 26.4 Å². The van der Waals surface area contributed by atoms with E-state index in [1.807, 2.05) is 0 Å². The van der Waals surface area contributed by atoms with Crippen molar-refractivity contribution in [3.63, 3.8) is 0 Å². The lowest BCUT2D eigenvalue weighted by molar-refractivity contribution is 0.0518. The maximum absolute atomic E-state index is 5.57. The molecule has 0 saturated heterocycles. The van der Waals surface area contributed by atoms with Crippen LogP contribution >= 0.6 is 0 Å². The van der Waals surface area contributed by atoms with Gasteiger partial charge in [-0.1, -0.05) is 54.6 Å². The molecule has 0 heterocycles. The summed E-state index contributed by atoms with van der Waals surface area (Å²) in [5.74, 6) is 0. The van der Waals surface area contributed by atoms with E-state index in [1.54, 1.807) is 0 Å². The summed E-state index contributed by atoms with van der Waals surface area (Å²) in [6.07, 6.45) is 0. The Morgan fingerprint density at radius 2 is 1.37 bits per heavy atom. The molecule has 0 radical (unpaired) electrons. The zero-order chi connectivity index (χ0) is 18.5. The molecule has 4 rings (SSSR count). The molecule has 0 atom stereocenters.